The molecule has 7 N–H and O–H groups in total. The number of aromatic nitrogens is 1. The molecule has 0 fully saturated rings. The molecule has 1 aromatic rings. The van der Waals surface area contributed by atoms with Gasteiger partial charge in [0.2, 0.25) is 5.91 Å². The second-order valence-electron chi connectivity index (χ2n) is 6.50. The molecule has 0 aliphatic rings. The highest BCUT2D eigenvalue weighted by Crippen LogP contribution is 2.68. The summed E-state index contributed by atoms with van der Waals surface area (Å²) >= 11 is 0. The highest BCUT2D eigenvalue weighted by Gasteiger charge is 2.59. The minimum absolute atomic E-state index is 0.00351. The summed E-state index contributed by atoms with van der Waals surface area (Å²) in [6, 6.07) is 2.74. The maximum atomic E-state index is 11.5. The molecule has 154 valence electrons. The Balaban J connectivity index is 2.91. The second-order valence-corrected chi connectivity index (χ2v) is 10.5. The molecule has 1 atom stereocenters. The number of aliphatic hydroxyl groups is 2. The van der Waals surface area contributed by atoms with Crippen LogP contribution in [0.2, 0.25) is 0 Å². The van der Waals surface area contributed by atoms with Crippen LogP contribution in [0.3, 0.4) is 0 Å². The lowest BCUT2D eigenvalue weighted by Crippen LogP contribution is -2.45. The van der Waals surface area contributed by atoms with Crippen LogP contribution < -0.4 is 9.88 Å². The zero-order valence-electron chi connectivity index (χ0n) is 14.8. The van der Waals surface area contributed by atoms with Crippen molar-refractivity contribution in [2.75, 3.05) is 6.54 Å². The molecule has 0 aliphatic carbocycles. The Hall–Kier alpha value is -1.16. The standard InChI is InChI=1S/C14H24N2O9P2/c1-10(2)13(18)15-7-12(17)9-16-5-3-4-11(8-16)6-14(19,26(20,21)22)27(23,24)25/h3-5,8,10,12,17,19H,6-7,9H2,1-2H3,(H4-,15,18,20,21,22,23,24,25)/p+1. The number of pyridine rings is 1. The number of carbonyl (C=O) groups is 1. The second kappa shape index (κ2) is 8.89. The highest BCUT2D eigenvalue weighted by molar-refractivity contribution is 7.72. The van der Waals surface area contributed by atoms with Gasteiger partial charge in [0.1, 0.15) is 6.10 Å². The van der Waals surface area contributed by atoms with Crippen LogP contribution in [0.25, 0.3) is 0 Å². The number of nitrogens with zero attached hydrogens (tertiary/aromatic N) is 1. The minimum Gasteiger partial charge on any atom is -0.385 e. The topological polar surface area (TPSA) is 188 Å². The van der Waals surface area contributed by atoms with Gasteiger partial charge in [0.05, 0.1) is 0 Å². The Bertz CT molecular complexity index is 737. The fraction of sp³-hybridized carbons (Fsp3) is 0.571. The predicted molar refractivity (Wildman–Crippen MR) is 93.2 cm³/mol. The first-order valence-electron chi connectivity index (χ1n) is 7.95. The van der Waals surface area contributed by atoms with E-state index in [1.54, 1.807) is 13.8 Å². The largest absolute Gasteiger partial charge is 0.385 e. The molecule has 0 aliphatic heterocycles. The third kappa shape index (κ3) is 6.44. The van der Waals surface area contributed by atoms with Crippen LogP contribution in [-0.2, 0) is 26.9 Å². The molecule has 1 aromatic heterocycles. The van der Waals surface area contributed by atoms with Gasteiger partial charge in [-0.1, -0.05) is 13.8 Å². The summed E-state index contributed by atoms with van der Waals surface area (Å²) in [4.78, 5) is 48.3. The Labute approximate surface area is 156 Å². The lowest BCUT2D eigenvalue weighted by Gasteiger charge is -2.28. The van der Waals surface area contributed by atoms with Crippen LogP contribution >= 0.6 is 15.2 Å². The van der Waals surface area contributed by atoms with E-state index in [1.807, 2.05) is 0 Å². The third-order valence-corrected chi connectivity index (χ3v) is 7.50. The van der Waals surface area contributed by atoms with Gasteiger partial charge in [-0.2, -0.15) is 0 Å². The Kier molecular flexibility index (Phi) is 7.87. The summed E-state index contributed by atoms with van der Waals surface area (Å²) in [7, 11) is -11.1. The van der Waals surface area contributed by atoms with Gasteiger partial charge in [-0.25, -0.2) is 4.57 Å². The van der Waals surface area contributed by atoms with Gasteiger partial charge in [0.25, 0.3) is 5.08 Å². The van der Waals surface area contributed by atoms with E-state index in [1.165, 1.54) is 29.1 Å². The summed E-state index contributed by atoms with van der Waals surface area (Å²) in [6.45, 7) is 3.37. The van der Waals surface area contributed by atoms with E-state index in [9.17, 15) is 43.7 Å². The molecule has 13 heteroatoms. The van der Waals surface area contributed by atoms with E-state index < -0.39 is 32.8 Å². The van der Waals surface area contributed by atoms with E-state index >= 15 is 0 Å². The summed E-state index contributed by atoms with van der Waals surface area (Å²) in [5, 5.41) is 19.0. The normalized spacial score (nSPS) is 14.3. The molecule has 1 unspecified atom stereocenters. The minimum atomic E-state index is -5.56. The Morgan fingerprint density at radius 1 is 1.22 bits per heavy atom. The maximum absolute atomic E-state index is 11.5. The van der Waals surface area contributed by atoms with E-state index in [2.05, 4.69) is 5.32 Å². The average Bonchev–Trinajstić information content (AvgIpc) is 2.50. The lowest BCUT2D eigenvalue weighted by molar-refractivity contribution is -0.703. The summed E-state index contributed by atoms with van der Waals surface area (Å²) < 4.78 is 24.3. The van der Waals surface area contributed by atoms with E-state index in [4.69, 9.17) is 0 Å². The maximum Gasteiger partial charge on any atom is 0.369 e. The van der Waals surface area contributed by atoms with E-state index in [0.717, 1.165) is 0 Å². The summed E-state index contributed by atoms with van der Waals surface area (Å²) in [6.07, 6.45) is 0.813. The fourth-order valence-electron chi connectivity index (χ4n) is 2.17. The van der Waals surface area contributed by atoms with Crippen LogP contribution in [0.4, 0.5) is 0 Å². The number of carbonyl (C=O) groups excluding carboxylic acids is 1. The van der Waals surface area contributed by atoms with Crippen LogP contribution in [0.15, 0.2) is 24.5 Å². The smallest absolute Gasteiger partial charge is 0.369 e. The van der Waals surface area contributed by atoms with Gasteiger partial charge in [0.15, 0.2) is 18.9 Å². The van der Waals surface area contributed by atoms with Gasteiger partial charge in [0, 0.05) is 30.5 Å². The van der Waals surface area contributed by atoms with Crippen molar-refractivity contribution in [2.45, 2.75) is 38.0 Å². The van der Waals surface area contributed by atoms with Crippen molar-refractivity contribution in [3.05, 3.63) is 30.1 Å². The molecular formula is C14H25N2O9P2+. The first-order valence-corrected chi connectivity index (χ1v) is 11.2. The average molecular weight is 427 g/mol. The Morgan fingerprint density at radius 2 is 1.78 bits per heavy atom. The van der Waals surface area contributed by atoms with Gasteiger partial charge >= 0.3 is 15.2 Å². The van der Waals surface area contributed by atoms with Crippen molar-refractivity contribution in [3.8, 4) is 0 Å². The van der Waals surface area contributed by atoms with Crippen LogP contribution in [0.1, 0.15) is 19.4 Å². The summed E-state index contributed by atoms with van der Waals surface area (Å²) in [5.74, 6) is -0.479. The molecule has 0 radical (unpaired) electrons. The van der Waals surface area contributed by atoms with Gasteiger partial charge in [-0.05, 0) is 6.07 Å². The van der Waals surface area contributed by atoms with E-state index in [0.29, 0.717) is 0 Å². The van der Waals surface area contributed by atoms with Crippen molar-refractivity contribution in [2.24, 2.45) is 5.92 Å². The molecule has 0 saturated heterocycles. The number of hydrogen-bond acceptors (Lipinski definition) is 5. The van der Waals surface area contributed by atoms with Crippen molar-refractivity contribution in [3.63, 3.8) is 0 Å². The number of rotatable bonds is 9. The van der Waals surface area contributed by atoms with Gasteiger partial charge < -0.3 is 35.1 Å². The van der Waals surface area contributed by atoms with Gasteiger partial charge in [-0.3, -0.25) is 13.9 Å². The molecule has 0 saturated carbocycles. The molecular weight excluding hydrogens is 402 g/mol. The monoisotopic (exact) mass is 427 g/mol. The van der Waals surface area contributed by atoms with Crippen LogP contribution in [0, 0.1) is 5.92 Å². The van der Waals surface area contributed by atoms with Crippen molar-refractivity contribution >= 4 is 21.1 Å². The van der Waals surface area contributed by atoms with Crippen molar-refractivity contribution < 1.29 is 48.3 Å². The first-order chi connectivity index (χ1) is 12.2. The molecule has 27 heavy (non-hydrogen) atoms. The summed E-state index contributed by atoms with van der Waals surface area (Å²) in [5.41, 5.74) is 0.0325. The third-order valence-electron chi connectivity index (χ3n) is 3.75. The zero-order valence-corrected chi connectivity index (χ0v) is 16.6. The molecule has 11 nitrogen and oxygen atoms in total. The lowest BCUT2D eigenvalue weighted by atomic mass is 10.2. The molecule has 1 amide bonds. The number of aliphatic hydroxyl groups excluding tert-OH is 1. The predicted octanol–water partition coefficient (Wildman–Crippen LogP) is -1.35. The van der Waals surface area contributed by atoms with Crippen LogP contribution in [-0.4, -0.2) is 53.4 Å². The van der Waals surface area contributed by atoms with Crippen LogP contribution in [0.5, 0.6) is 0 Å². The van der Waals surface area contributed by atoms with E-state index in [-0.39, 0.29) is 30.5 Å². The SMILES string of the molecule is CC(C)C(=O)NCC(O)C[n+]1cccc(CC(O)(P(=O)(O)O)P(=O)(O)O)c1. The number of nitrogens with one attached hydrogen (secondary N) is 1. The Morgan fingerprint density at radius 3 is 2.26 bits per heavy atom. The van der Waals surface area contributed by atoms with Gasteiger partial charge in [-0.15, -0.1) is 0 Å². The molecule has 0 bridgehead atoms. The molecule has 0 spiro atoms. The number of amides is 1. The van der Waals surface area contributed by atoms with Crippen molar-refractivity contribution in [1.29, 1.82) is 0 Å². The van der Waals surface area contributed by atoms with Crippen molar-refractivity contribution in [1.82, 2.24) is 5.32 Å². The fourth-order valence-corrected chi connectivity index (χ4v) is 4.31. The molecule has 1 heterocycles. The zero-order chi connectivity index (χ0) is 21.0. The number of hydrogen-bond donors (Lipinski definition) is 7. The first kappa shape index (κ1) is 23.9. The molecule has 1 rings (SSSR count). The molecule has 0 aromatic carbocycles. The highest BCUT2D eigenvalue weighted by atomic mass is 31.2. The quantitative estimate of drug-likeness (QED) is 0.185.